The van der Waals surface area contributed by atoms with Crippen LogP contribution in [0.5, 0.6) is 0 Å². The minimum absolute atomic E-state index is 0.549. The van der Waals surface area contributed by atoms with Crippen LogP contribution in [0.4, 0.5) is 0 Å². The van der Waals surface area contributed by atoms with Gasteiger partial charge in [-0.3, -0.25) is 0 Å². The van der Waals surface area contributed by atoms with Crippen molar-refractivity contribution in [2.24, 2.45) is 11.8 Å². The maximum absolute atomic E-state index is 3.82. The van der Waals surface area contributed by atoms with Crippen molar-refractivity contribution in [2.45, 2.75) is 33.2 Å². The van der Waals surface area contributed by atoms with Crippen molar-refractivity contribution in [3.8, 4) is 0 Å². The SMILES string of the molecule is C=CCCNC(C)C(C)C(C)C=C. The van der Waals surface area contributed by atoms with Crippen LogP contribution >= 0.6 is 0 Å². The van der Waals surface area contributed by atoms with Gasteiger partial charge >= 0.3 is 0 Å². The van der Waals surface area contributed by atoms with Crippen molar-refractivity contribution < 1.29 is 0 Å². The normalized spacial score (nSPS) is 17.5. The fourth-order valence-corrected chi connectivity index (χ4v) is 1.27. The molecule has 0 aromatic rings. The van der Waals surface area contributed by atoms with E-state index in [-0.39, 0.29) is 0 Å². The molecule has 0 aliphatic heterocycles. The summed E-state index contributed by atoms with van der Waals surface area (Å²) < 4.78 is 0. The lowest BCUT2D eigenvalue weighted by atomic mass is 9.90. The summed E-state index contributed by atoms with van der Waals surface area (Å²) in [5, 5.41) is 3.48. The van der Waals surface area contributed by atoms with E-state index in [2.05, 4.69) is 39.2 Å². The van der Waals surface area contributed by atoms with Crippen LogP contribution in [0, 0.1) is 11.8 Å². The van der Waals surface area contributed by atoms with E-state index in [0.717, 1.165) is 13.0 Å². The van der Waals surface area contributed by atoms with Crippen molar-refractivity contribution in [1.82, 2.24) is 5.32 Å². The molecule has 0 heterocycles. The molecular weight excluding hydrogens is 158 g/mol. The standard InChI is InChI=1S/C12H23N/c1-6-8-9-13-12(5)11(4)10(3)7-2/h6-7,10-13H,1-2,8-9H2,3-5H3. The quantitative estimate of drug-likeness (QED) is 0.470. The first-order valence-corrected chi connectivity index (χ1v) is 5.10. The van der Waals surface area contributed by atoms with Crippen molar-refractivity contribution >= 4 is 0 Å². The number of allylic oxidation sites excluding steroid dienone is 1. The van der Waals surface area contributed by atoms with Gasteiger partial charge in [0.1, 0.15) is 0 Å². The zero-order valence-electron chi connectivity index (χ0n) is 9.22. The van der Waals surface area contributed by atoms with E-state index in [9.17, 15) is 0 Å². The molecular formula is C12H23N. The average molecular weight is 181 g/mol. The third-order valence-electron chi connectivity index (χ3n) is 2.80. The van der Waals surface area contributed by atoms with E-state index in [1.807, 2.05) is 12.2 Å². The van der Waals surface area contributed by atoms with E-state index < -0.39 is 0 Å². The first-order chi connectivity index (χ1) is 6.13. The van der Waals surface area contributed by atoms with Crippen LogP contribution in [-0.4, -0.2) is 12.6 Å². The molecule has 0 bridgehead atoms. The van der Waals surface area contributed by atoms with Crippen LogP contribution in [0.25, 0.3) is 0 Å². The lowest BCUT2D eigenvalue weighted by Crippen LogP contribution is -2.35. The van der Waals surface area contributed by atoms with Gasteiger partial charge in [-0.05, 0) is 31.7 Å². The Morgan fingerprint density at radius 2 is 1.85 bits per heavy atom. The first-order valence-electron chi connectivity index (χ1n) is 5.10. The van der Waals surface area contributed by atoms with Gasteiger partial charge in [-0.25, -0.2) is 0 Å². The lowest BCUT2D eigenvalue weighted by Gasteiger charge is -2.24. The molecule has 0 aromatic heterocycles. The molecule has 3 atom stereocenters. The molecule has 13 heavy (non-hydrogen) atoms. The van der Waals surface area contributed by atoms with Crippen molar-refractivity contribution in [3.63, 3.8) is 0 Å². The van der Waals surface area contributed by atoms with Crippen LogP contribution in [-0.2, 0) is 0 Å². The molecule has 3 unspecified atom stereocenters. The van der Waals surface area contributed by atoms with Gasteiger partial charge in [0.05, 0.1) is 0 Å². The smallest absolute Gasteiger partial charge is 0.00699 e. The van der Waals surface area contributed by atoms with Crippen LogP contribution in [0.15, 0.2) is 25.3 Å². The predicted molar refractivity (Wildman–Crippen MR) is 60.8 cm³/mol. The maximum Gasteiger partial charge on any atom is 0.00699 e. The van der Waals surface area contributed by atoms with Gasteiger partial charge in [0.2, 0.25) is 0 Å². The molecule has 0 fully saturated rings. The highest BCUT2D eigenvalue weighted by Crippen LogP contribution is 2.15. The number of rotatable bonds is 7. The van der Waals surface area contributed by atoms with E-state index in [4.69, 9.17) is 0 Å². The number of nitrogens with one attached hydrogen (secondary N) is 1. The van der Waals surface area contributed by atoms with Crippen LogP contribution < -0.4 is 5.32 Å². The molecule has 0 amide bonds. The third kappa shape index (κ3) is 4.89. The largest absolute Gasteiger partial charge is 0.314 e. The minimum atomic E-state index is 0.549. The summed E-state index contributed by atoms with van der Waals surface area (Å²) in [6, 6.07) is 0.549. The summed E-state index contributed by atoms with van der Waals surface area (Å²) in [4.78, 5) is 0. The molecule has 1 nitrogen and oxygen atoms in total. The lowest BCUT2D eigenvalue weighted by molar-refractivity contribution is 0.340. The van der Waals surface area contributed by atoms with Crippen molar-refractivity contribution in [2.75, 3.05) is 6.54 Å². The van der Waals surface area contributed by atoms with E-state index in [1.165, 1.54) is 0 Å². The highest BCUT2D eigenvalue weighted by Gasteiger charge is 2.15. The molecule has 76 valence electrons. The molecule has 0 aliphatic rings. The third-order valence-corrected chi connectivity index (χ3v) is 2.80. The second-order valence-electron chi connectivity index (χ2n) is 3.77. The highest BCUT2D eigenvalue weighted by atomic mass is 14.9. The van der Waals surface area contributed by atoms with E-state index in [1.54, 1.807) is 0 Å². The fraction of sp³-hybridized carbons (Fsp3) is 0.667. The van der Waals surface area contributed by atoms with Crippen LogP contribution in [0.1, 0.15) is 27.2 Å². The monoisotopic (exact) mass is 181 g/mol. The van der Waals surface area contributed by atoms with Gasteiger partial charge in [0, 0.05) is 6.04 Å². The summed E-state index contributed by atoms with van der Waals surface area (Å²) in [5.74, 6) is 1.22. The maximum atomic E-state index is 3.82. The molecule has 0 spiro atoms. The topological polar surface area (TPSA) is 12.0 Å². The molecule has 0 rings (SSSR count). The van der Waals surface area contributed by atoms with Crippen molar-refractivity contribution in [1.29, 1.82) is 0 Å². The van der Waals surface area contributed by atoms with Gasteiger partial charge in [-0.15, -0.1) is 13.2 Å². The second-order valence-corrected chi connectivity index (χ2v) is 3.77. The Balaban J connectivity index is 3.73. The number of hydrogen-bond acceptors (Lipinski definition) is 1. The summed E-state index contributed by atoms with van der Waals surface area (Å²) in [5.41, 5.74) is 0. The molecule has 0 aliphatic carbocycles. The van der Waals surface area contributed by atoms with Gasteiger partial charge in [0.15, 0.2) is 0 Å². The molecule has 1 N–H and O–H groups in total. The minimum Gasteiger partial charge on any atom is -0.314 e. The molecule has 0 saturated heterocycles. The van der Waals surface area contributed by atoms with E-state index in [0.29, 0.717) is 17.9 Å². The number of hydrogen-bond donors (Lipinski definition) is 1. The van der Waals surface area contributed by atoms with Crippen molar-refractivity contribution in [3.05, 3.63) is 25.3 Å². The Kier molecular flexibility index (Phi) is 6.61. The van der Waals surface area contributed by atoms with Gasteiger partial charge in [-0.2, -0.15) is 0 Å². The Labute approximate surface area is 82.9 Å². The molecule has 0 saturated carbocycles. The summed E-state index contributed by atoms with van der Waals surface area (Å²) >= 11 is 0. The predicted octanol–water partition coefficient (Wildman–Crippen LogP) is 3.00. The van der Waals surface area contributed by atoms with Crippen LogP contribution in [0.2, 0.25) is 0 Å². The van der Waals surface area contributed by atoms with Crippen LogP contribution in [0.3, 0.4) is 0 Å². The summed E-state index contributed by atoms with van der Waals surface area (Å²) in [6.45, 7) is 15.2. The van der Waals surface area contributed by atoms with E-state index >= 15 is 0 Å². The Morgan fingerprint density at radius 3 is 2.31 bits per heavy atom. The molecule has 0 aromatic carbocycles. The fourth-order valence-electron chi connectivity index (χ4n) is 1.27. The molecule has 0 radical (unpaired) electrons. The Bertz CT molecular complexity index is 151. The van der Waals surface area contributed by atoms with Gasteiger partial charge in [-0.1, -0.05) is 26.0 Å². The van der Waals surface area contributed by atoms with Gasteiger partial charge < -0.3 is 5.32 Å². The summed E-state index contributed by atoms with van der Waals surface area (Å²) in [6.07, 6.45) is 5.01. The average Bonchev–Trinajstić information content (AvgIpc) is 2.15. The molecule has 1 heteroatoms. The first kappa shape index (κ1) is 12.4. The van der Waals surface area contributed by atoms with Gasteiger partial charge in [0.25, 0.3) is 0 Å². The Morgan fingerprint density at radius 1 is 1.23 bits per heavy atom. The summed E-state index contributed by atoms with van der Waals surface area (Å²) in [7, 11) is 0. The Hall–Kier alpha value is -0.560. The highest BCUT2D eigenvalue weighted by molar-refractivity contribution is 4.84. The zero-order valence-corrected chi connectivity index (χ0v) is 9.22. The zero-order chi connectivity index (χ0) is 10.3. The second kappa shape index (κ2) is 6.90.